The molecule has 1 aromatic carbocycles. The van der Waals surface area contributed by atoms with Crippen LogP contribution in [0.5, 0.6) is 0 Å². The van der Waals surface area contributed by atoms with Gasteiger partial charge in [0.05, 0.1) is 6.54 Å². The Hall–Kier alpha value is -1.06. The number of hydrogen-bond donors (Lipinski definition) is 2. The molecule has 0 heterocycles. The Labute approximate surface area is 121 Å². The Balaban J connectivity index is 0.00000180. The van der Waals surface area contributed by atoms with Crippen molar-refractivity contribution in [1.82, 2.24) is 10.6 Å². The van der Waals surface area contributed by atoms with Gasteiger partial charge in [0.2, 0.25) is 5.91 Å². The van der Waals surface area contributed by atoms with Gasteiger partial charge in [-0.1, -0.05) is 29.8 Å². The van der Waals surface area contributed by atoms with Gasteiger partial charge in [-0.25, -0.2) is 0 Å². The summed E-state index contributed by atoms with van der Waals surface area (Å²) in [5.74, 6) is 0.924. The van der Waals surface area contributed by atoms with Crippen molar-refractivity contribution in [3.8, 4) is 0 Å². The normalized spacial score (nSPS) is 13.7. The van der Waals surface area contributed by atoms with Crippen LogP contribution in [0.1, 0.15) is 24.0 Å². The minimum atomic E-state index is 0. The van der Waals surface area contributed by atoms with E-state index < -0.39 is 0 Å². The Bertz CT molecular complexity index is 405. The summed E-state index contributed by atoms with van der Waals surface area (Å²) in [4.78, 5) is 11.5. The number of hydrogen-bond acceptors (Lipinski definition) is 2. The molecule has 0 saturated heterocycles. The molecule has 0 unspecified atom stereocenters. The number of amides is 1. The second-order valence-corrected chi connectivity index (χ2v) is 5.16. The SMILES string of the molecule is Cc1cccc(CCNC(=O)CNCC2CC2)c1.Cl. The Morgan fingerprint density at radius 2 is 2.16 bits per heavy atom. The smallest absolute Gasteiger partial charge is 0.233 e. The van der Waals surface area contributed by atoms with Gasteiger partial charge >= 0.3 is 0 Å². The molecule has 1 aromatic rings. The molecule has 1 fully saturated rings. The van der Waals surface area contributed by atoms with Crippen LogP contribution in [0.2, 0.25) is 0 Å². The van der Waals surface area contributed by atoms with Crippen LogP contribution < -0.4 is 10.6 Å². The first kappa shape index (κ1) is 16.0. The first-order chi connectivity index (χ1) is 8.74. The summed E-state index contributed by atoms with van der Waals surface area (Å²) < 4.78 is 0. The van der Waals surface area contributed by atoms with E-state index in [0.717, 1.165) is 18.9 Å². The topological polar surface area (TPSA) is 41.1 Å². The van der Waals surface area contributed by atoms with Gasteiger partial charge in [0.25, 0.3) is 0 Å². The molecular formula is C15H23ClN2O. The van der Waals surface area contributed by atoms with Crippen LogP contribution in [0.15, 0.2) is 24.3 Å². The number of carbonyl (C=O) groups excluding carboxylic acids is 1. The lowest BCUT2D eigenvalue weighted by Gasteiger charge is -2.07. The minimum absolute atomic E-state index is 0. The summed E-state index contributed by atoms with van der Waals surface area (Å²) in [6, 6.07) is 8.41. The van der Waals surface area contributed by atoms with Crippen LogP contribution in [-0.4, -0.2) is 25.5 Å². The van der Waals surface area contributed by atoms with Crippen molar-refractivity contribution in [3.05, 3.63) is 35.4 Å². The predicted octanol–water partition coefficient (Wildman–Crippen LogP) is 2.08. The fourth-order valence-electron chi connectivity index (χ4n) is 1.99. The van der Waals surface area contributed by atoms with Gasteiger partial charge in [-0.15, -0.1) is 12.4 Å². The van der Waals surface area contributed by atoms with Crippen molar-refractivity contribution in [2.75, 3.05) is 19.6 Å². The average molecular weight is 283 g/mol. The quantitative estimate of drug-likeness (QED) is 0.804. The molecule has 3 nitrogen and oxygen atoms in total. The van der Waals surface area contributed by atoms with E-state index in [9.17, 15) is 4.79 Å². The molecule has 0 atom stereocenters. The van der Waals surface area contributed by atoms with Crippen LogP contribution in [0.3, 0.4) is 0 Å². The largest absolute Gasteiger partial charge is 0.355 e. The molecule has 2 rings (SSSR count). The summed E-state index contributed by atoms with van der Waals surface area (Å²) in [5, 5.41) is 6.14. The Morgan fingerprint density at radius 1 is 1.37 bits per heavy atom. The third kappa shape index (κ3) is 6.60. The number of halogens is 1. The number of nitrogens with one attached hydrogen (secondary N) is 2. The molecule has 0 bridgehead atoms. The van der Waals surface area contributed by atoms with Gasteiger partial charge in [-0.3, -0.25) is 4.79 Å². The summed E-state index contributed by atoms with van der Waals surface area (Å²) in [7, 11) is 0. The van der Waals surface area contributed by atoms with E-state index in [1.807, 2.05) is 0 Å². The van der Waals surface area contributed by atoms with Crippen LogP contribution in [0.4, 0.5) is 0 Å². The summed E-state index contributed by atoms with van der Waals surface area (Å²) >= 11 is 0. The van der Waals surface area contributed by atoms with Crippen LogP contribution in [0.25, 0.3) is 0 Å². The molecule has 0 aromatic heterocycles. The fraction of sp³-hybridized carbons (Fsp3) is 0.533. The maximum atomic E-state index is 11.5. The van der Waals surface area contributed by atoms with Crippen molar-refractivity contribution < 1.29 is 4.79 Å². The second kappa shape index (κ2) is 8.18. The maximum absolute atomic E-state index is 11.5. The van der Waals surface area contributed by atoms with Gasteiger partial charge in [-0.05, 0) is 44.2 Å². The maximum Gasteiger partial charge on any atom is 0.233 e. The van der Waals surface area contributed by atoms with Gasteiger partial charge in [0, 0.05) is 6.54 Å². The molecule has 1 aliphatic carbocycles. The van der Waals surface area contributed by atoms with Crippen LogP contribution >= 0.6 is 12.4 Å². The molecule has 1 amide bonds. The Kier molecular flexibility index (Phi) is 6.89. The van der Waals surface area contributed by atoms with Crippen molar-refractivity contribution in [2.24, 2.45) is 5.92 Å². The van der Waals surface area contributed by atoms with E-state index in [0.29, 0.717) is 13.1 Å². The third-order valence-corrected chi connectivity index (χ3v) is 3.23. The highest BCUT2D eigenvalue weighted by Gasteiger charge is 2.20. The highest BCUT2D eigenvalue weighted by molar-refractivity contribution is 5.85. The van der Waals surface area contributed by atoms with Gasteiger partial charge in [-0.2, -0.15) is 0 Å². The molecule has 4 heteroatoms. The molecule has 0 radical (unpaired) electrons. The molecule has 1 aliphatic rings. The van der Waals surface area contributed by atoms with E-state index in [-0.39, 0.29) is 18.3 Å². The molecular weight excluding hydrogens is 260 g/mol. The molecule has 106 valence electrons. The van der Waals surface area contributed by atoms with Gasteiger partial charge in [0.1, 0.15) is 0 Å². The first-order valence-corrected chi connectivity index (χ1v) is 6.77. The van der Waals surface area contributed by atoms with E-state index in [4.69, 9.17) is 0 Å². The first-order valence-electron chi connectivity index (χ1n) is 6.77. The highest BCUT2D eigenvalue weighted by Crippen LogP contribution is 2.27. The number of aryl methyl sites for hydroxylation is 1. The van der Waals surface area contributed by atoms with Crippen molar-refractivity contribution >= 4 is 18.3 Å². The highest BCUT2D eigenvalue weighted by atomic mass is 35.5. The van der Waals surface area contributed by atoms with Crippen molar-refractivity contribution in [2.45, 2.75) is 26.2 Å². The molecule has 0 aliphatic heterocycles. The van der Waals surface area contributed by atoms with Crippen molar-refractivity contribution in [1.29, 1.82) is 0 Å². The Morgan fingerprint density at radius 3 is 2.84 bits per heavy atom. The van der Waals surface area contributed by atoms with E-state index in [2.05, 4.69) is 41.8 Å². The lowest BCUT2D eigenvalue weighted by molar-refractivity contribution is -0.120. The fourth-order valence-corrected chi connectivity index (χ4v) is 1.99. The van der Waals surface area contributed by atoms with Crippen LogP contribution in [-0.2, 0) is 11.2 Å². The third-order valence-electron chi connectivity index (χ3n) is 3.23. The molecule has 19 heavy (non-hydrogen) atoms. The van der Waals surface area contributed by atoms with E-state index in [1.54, 1.807) is 0 Å². The zero-order chi connectivity index (χ0) is 12.8. The minimum Gasteiger partial charge on any atom is -0.355 e. The number of benzene rings is 1. The van der Waals surface area contributed by atoms with Crippen molar-refractivity contribution in [3.63, 3.8) is 0 Å². The van der Waals surface area contributed by atoms with Gasteiger partial charge < -0.3 is 10.6 Å². The van der Waals surface area contributed by atoms with E-state index >= 15 is 0 Å². The molecule has 1 saturated carbocycles. The zero-order valence-corrected chi connectivity index (χ0v) is 12.3. The molecule has 0 spiro atoms. The van der Waals surface area contributed by atoms with Gasteiger partial charge in [0.15, 0.2) is 0 Å². The summed E-state index contributed by atoms with van der Waals surface area (Å²) in [6.45, 7) is 4.24. The summed E-state index contributed by atoms with van der Waals surface area (Å²) in [6.07, 6.45) is 3.54. The second-order valence-electron chi connectivity index (χ2n) is 5.16. The molecule has 2 N–H and O–H groups in total. The lowest BCUT2D eigenvalue weighted by Crippen LogP contribution is -2.35. The monoisotopic (exact) mass is 282 g/mol. The van der Waals surface area contributed by atoms with E-state index in [1.165, 1.54) is 24.0 Å². The number of rotatable bonds is 7. The summed E-state index contributed by atoms with van der Waals surface area (Å²) in [5.41, 5.74) is 2.55. The van der Waals surface area contributed by atoms with Crippen LogP contribution in [0, 0.1) is 12.8 Å². The average Bonchev–Trinajstić information content (AvgIpc) is 3.13. The lowest BCUT2D eigenvalue weighted by atomic mass is 10.1. The predicted molar refractivity (Wildman–Crippen MR) is 80.7 cm³/mol. The standard InChI is InChI=1S/C15H22N2O.ClH/c1-12-3-2-4-13(9-12)7-8-17-15(18)11-16-10-14-5-6-14;/h2-4,9,14,16H,5-8,10-11H2,1H3,(H,17,18);1H. The zero-order valence-electron chi connectivity index (χ0n) is 11.4. The number of carbonyl (C=O) groups is 1.